The summed E-state index contributed by atoms with van der Waals surface area (Å²) in [5.74, 6) is 0. The Morgan fingerprint density at radius 1 is 1.43 bits per heavy atom. The average Bonchev–Trinajstić information content (AvgIpc) is 2.38. The van der Waals surface area contributed by atoms with Crippen molar-refractivity contribution in [2.24, 2.45) is 0 Å². The zero-order valence-electron chi connectivity index (χ0n) is 11.8. The van der Waals surface area contributed by atoms with Crippen molar-refractivity contribution in [3.63, 3.8) is 0 Å². The molecule has 21 heavy (non-hydrogen) atoms. The topological polar surface area (TPSA) is 92.6 Å². The molecule has 0 saturated carbocycles. The first-order chi connectivity index (χ1) is 9.34. The predicted molar refractivity (Wildman–Crippen MR) is 81.3 cm³/mol. The van der Waals surface area contributed by atoms with E-state index in [2.05, 4.69) is 5.32 Å². The Morgan fingerprint density at radius 2 is 2.10 bits per heavy atom. The lowest BCUT2D eigenvalue weighted by atomic mass is 10.2. The van der Waals surface area contributed by atoms with Gasteiger partial charge < -0.3 is 5.32 Å². The highest BCUT2D eigenvalue weighted by Gasteiger charge is 2.32. The maximum absolute atomic E-state index is 12.6. The molecule has 1 fully saturated rings. The summed E-state index contributed by atoms with van der Waals surface area (Å²) < 4.78 is 26.5. The molecule has 118 valence electrons. The lowest BCUT2D eigenvalue weighted by Gasteiger charge is -2.32. The van der Waals surface area contributed by atoms with Gasteiger partial charge in [-0.25, -0.2) is 8.42 Å². The molecule has 0 aromatic heterocycles. The van der Waals surface area contributed by atoms with Gasteiger partial charge in [-0.2, -0.15) is 4.31 Å². The molecule has 0 aliphatic carbocycles. The Kier molecular flexibility index (Phi) is 5.68. The van der Waals surface area contributed by atoms with Gasteiger partial charge in [0.2, 0.25) is 10.0 Å². The zero-order chi connectivity index (χ0) is 14.9. The highest BCUT2D eigenvalue weighted by molar-refractivity contribution is 7.89. The van der Waals surface area contributed by atoms with Crippen LogP contribution in [0.5, 0.6) is 0 Å². The van der Waals surface area contributed by atoms with E-state index >= 15 is 0 Å². The Hall–Kier alpha value is -1.22. The number of aryl methyl sites for hydroxylation is 1. The molecule has 1 aromatic rings. The van der Waals surface area contributed by atoms with Gasteiger partial charge in [0.1, 0.15) is 0 Å². The molecule has 1 saturated heterocycles. The van der Waals surface area contributed by atoms with Crippen molar-refractivity contribution in [3.8, 4) is 0 Å². The van der Waals surface area contributed by atoms with E-state index in [0.717, 1.165) is 6.07 Å². The van der Waals surface area contributed by atoms with Crippen molar-refractivity contribution in [2.45, 2.75) is 24.8 Å². The normalized spacial score (nSPS) is 19.8. The van der Waals surface area contributed by atoms with Crippen LogP contribution in [-0.4, -0.2) is 43.3 Å². The number of sulfonamides is 1. The van der Waals surface area contributed by atoms with Crippen molar-refractivity contribution >= 4 is 28.1 Å². The van der Waals surface area contributed by atoms with Crippen LogP contribution in [0.3, 0.4) is 0 Å². The Labute approximate surface area is 129 Å². The maximum atomic E-state index is 12.6. The van der Waals surface area contributed by atoms with Crippen LogP contribution in [0.1, 0.15) is 12.5 Å². The molecule has 1 aliphatic rings. The van der Waals surface area contributed by atoms with Crippen LogP contribution < -0.4 is 5.32 Å². The van der Waals surface area contributed by atoms with Gasteiger partial charge in [-0.3, -0.25) is 10.1 Å². The molecule has 0 radical (unpaired) electrons. The van der Waals surface area contributed by atoms with Gasteiger partial charge in [-0.1, -0.05) is 6.07 Å². The fraction of sp³-hybridized carbons (Fsp3) is 0.500. The molecule has 1 aromatic carbocycles. The molecule has 2 rings (SSSR count). The monoisotopic (exact) mass is 335 g/mol. The fourth-order valence-corrected chi connectivity index (χ4v) is 3.91. The summed E-state index contributed by atoms with van der Waals surface area (Å²) in [5.41, 5.74) is 0.274. The Morgan fingerprint density at radius 3 is 2.67 bits per heavy atom. The number of nitrogens with zero attached hydrogens (tertiary/aromatic N) is 2. The van der Waals surface area contributed by atoms with Crippen LogP contribution >= 0.6 is 12.4 Å². The van der Waals surface area contributed by atoms with Crippen molar-refractivity contribution < 1.29 is 13.3 Å². The minimum absolute atomic E-state index is 0. The molecule has 0 spiro atoms. The minimum Gasteiger partial charge on any atom is -0.314 e. The number of hydrogen-bond donors (Lipinski definition) is 1. The number of hydrogen-bond acceptors (Lipinski definition) is 5. The fourth-order valence-electron chi connectivity index (χ4n) is 2.26. The van der Waals surface area contributed by atoms with E-state index in [1.54, 1.807) is 6.92 Å². The number of halogens is 1. The summed E-state index contributed by atoms with van der Waals surface area (Å²) in [6, 6.07) is 3.86. The third-order valence-corrected chi connectivity index (χ3v) is 5.43. The van der Waals surface area contributed by atoms with Crippen molar-refractivity contribution in [1.82, 2.24) is 9.62 Å². The standard InChI is InChI=1S/C12H17N3O4S.ClH/c1-9-3-4-11(7-12(9)15(16)17)20(18,19)14-6-5-13-8-10(14)2;/h3-4,7,10,13H,5-6,8H2,1-2H3;1H/t10-;/m1./s1. The average molecular weight is 336 g/mol. The van der Waals surface area contributed by atoms with Crippen LogP contribution in [0.15, 0.2) is 23.1 Å². The number of nitro groups is 1. The lowest BCUT2D eigenvalue weighted by molar-refractivity contribution is -0.385. The van der Waals surface area contributed by atoms with Gasteiger partial charge in [0.25, 0.3) is 5.69 Å². The number of nitro benzene ring substituents is 1. The van der Waals surface area contributed by atoms with Crippen molar-refractivity contribution in [1.29, 1.82) is 0 Å². The Bertz CT molecular complexity index is 635. The van der Waals surface area contributed by atoms with Gasteiger partial charge in [-0.15, -0.1) is 12.4 Å². The van der Waals surface area contributed by atoms with Gasteiger partial charge in [0.05, 0.1) is 9.82 Å². The smallest absolute Gasteiger partial charge is 0.273 e. The third-order valence-electron chi connectivity index (χ3n) is 3.42. The van der Waals surface area contributed by atoms with Crippen molar-refractivity contribution in [2.75, 3.05) is 19.6 Å². The van der Waals surface area contributed by atoms with E-state index in [1.807, 2.05) is 6.92 Å². The molecule has 1 atom stereocenters. The highest BCUT2D eigenvalue weighted by atomic mass is 35.5. The molecule has 1 N–H and O–H groups in total. The van der Waals surface area contributed by atoms with Crippen LogP contribution in [-0.2, 0) is 10.0 Å². The number of benzene rings is 1. The molecule has 1 aliphatic heterocycles. The quantitative estimate of drug-likeness (QED) is 0.664. The van der Waals surface area contributed by atoms with Crippen LogP contribution in [0.4, 0.5) is 5.69 Å². The van der Waals surface area contributed by atoms with Crippen LogP contribution in [0.25, 0.3) is 0 Å². The summed E-state index contributed by atoms with van der Waals surface area (Å²) >= 11 is 0. The molecule has 0 amide bonds. The number of rotatable bonds is 3. The number of nitrogens with one attached hydrogen (secondary N) is 1. The van der Waals surface area contributed by atoms with E-state index in [9.17, 15) is 18.5 Å². The van der Waals surface area contributed by atoms with E-state index in [4.69, 9.17) is 0 Å². The van der Waals surface area contributed by atoms with Gasteiger partial charge in [0.15, 0.2) is 0 Å². The summed E-state index contributed by atoms with van der Waals surface area (Å²) in [6.07, 6.45) is 0. The molecular formula is C12H18ClN3O4S. The SMILES string of the molecule is Cc1ccc(S(=O)(=O)N2CCNC[C@H]2C)cc1[N+](=O)[O-].Cl. The predicted octanol–water partition coefficient (Wildman–Crippen LogP) is 1.31. The largest absolute Gasteiger partial charge is 0.314 e. The zero-order valence-corrected chi connectivity index (χ0v) is 13.4. The van der Waals surface area contributed by atoms with Gasteiger partial charge in [-0.05, 0) is 19.9 Å². The second-order valence-corrected chi connectivity index (χ2v) is 6.76. The summed E-state index contributed by atoms with van der Waals surface area (Å²) in [6.45, 7) is 4.92. The molecule has 0 bridgehead atoms. The van der Waals surface area contributed by atoms with Crippen LogP contribution in [0, 0.1) is 17.0 Å². The Balaban J connectivity index is 0.00000220. The molecule has 9 heteroatoms. The van der Waals surface area contributed by atoms with Crippen molar-refractivity contribution in [3.05, 3.63) is 33.9 Å². The van der Waals surface area contributed by atoms with Gasteiger partial charge in [0, 0.05) is 37.3 Å². The second kappa shape index (κ2) is 6.69. The summed E-state index contributed by atoms with van der Waals surface area (Å²) in [7, 11) is -3.70. The minimum atomic E-state index is -3.70. The van der Waals surface area contributed by atoms with E-state index in [-0.39, 0.29) is 29.0 Å². The third kappa shape index (κ3) is 3.52. The first-order valence-corrected chi connectivity index (χ1v) is 7.75. The second-order valence-electron chi connectivity index (χ2n) is 4.87. The highest BCUT2D eigenvalue weighted by Crippen LogP contribution is 2.25. The summed E-state index contributed by atoms with van der Waals surface area (Å²) in [5, 5.41) is 14.0. The van der Waals surface area contributed by atoms with Gasteiger partial charge >= 0.3 is 0 Å². The number of piperazine rings is 1. The van der Waals surface area contributed by atoms with Crippen LogP contribution in [0.2, 0.25) is 0 Å². The summed E-state index contributed by atoms with van der Waals surface area (Å²) in [4.78, 5) is 10.3. The molecular weight excluding hydrogens is 318 g/mol. The molecule has 1 heterocycles. The van der Waals surface area contributed by atoms with E-state index in [0.29, 0.717) is 25.2 Å². The molecule has 7 nitrogen and oxygen atoms in total. The lowest BCUT2D eigenvalue weighted by Crippen LogP contribution is -2.52. The molecule has 0 unspecified atom stereocenters. The first kappa shape index (κ1) is 17.8. The van der Waals surface area contributed by atoms with E-state index < -0.39 is 14.9 Å². The first-order valence-electron chi connectivity index (χ1n) is 6.31. The maximum Gasteiger partial charge on any atom is 0.273 e. The van der Waals surface area contributed by atoms with E-state index in [1.165, 1.54) is 16.4 Å².